The van der Waals surface area contributed by atoms with Crippen LogP contribution in [0.3, 0.4) is 0 Å². The summed E-state index contributed by atoms with van der Waals surface area (Å²) in [5, 5.41) is 13.9. The maximum atomic E-state index is 11.6. The van der Waals surface area contributed by atoms with Gasteiger partial charge in [0.05, 0.1) is 11.1 Å². The fourth-order valence-electron chi connectivity index (χ4n) is 5.77. The van der Waals surface area contributed by atoms with Gasteiger partial charge in [-0.2, -0.15) is 0 Å². The maximum Gasteiger partial charge on any atom is 0.314 e. The first-order valence-electron chi connectivity index (χ1n) is 13.2. The van der Waals surface area contributed by atoms with E-state index in [-0.39, 0.29) is 0 Å². The molecule has 6 rings (SSSR count). The Morgan fingerprint density at radius 1 is 0.973 bits per heavy atom. The second-order valence-corrected chi connectivity index (χ2v) is 10.6. The van der Waals surface area contributed by atoms with Crippen molar-refractivity contribution in [2.45, 2.75) is 50.5 Å². The van der Waals surface area contributed by atoms with Crippen LogP contribution in [0.1, 0.15) is 54.0 Å². The molecule has 3 aromatic carbocycles. The molecule has 188 valence electrons. The summed E-state index contributed by atoms with van der Waals surface area (Å²) in [6, 6.07) is 27.2. The normalized spacial score (nSPS) is 19.0. The second-order valence-electron chi connectivity index (χ2n) is 10.6. The van der Waals surface area contributed by atoms with Crippen molar-refractivity contribution < 1.29 is 14.4 Å². The quantitative estimate of drug-likeness (QED) is 0.307. The van der Waals surface area contributed by atoms with E-state index in [1.54, 1.807) is 0 Å². The number of aromatic nitrogens is 1. The van der Waals surface area contributed by atoms with Crippen LogP contribution in [0.2, 0.25) is 0 Å². The molecule has 5 heteroatoms. The van der Waals surface area contributed by atoms with Gasteiger partial charge in [-0.25, -0.2) is 0 Å². The minimum atomic E-state index is -0.720. The van der Waals surface area contributed by atoms with Crippen molar-refractivity contribution in [1.82, 2.24) is 10.1 Å². The topological polar surface area (TPSA) is 66.6 Å². The van der Waals surface area contributed by atoms with Crippen molar-refractivity contribution in [2.24, 2.45) is 0 Å². The van der Waals surface area contributed by atoms with Gasteiger partial charge < -0.3 is 9.63 Å². The average molecular weight is 493 g/mol. The molecule has 1 atom stereocenters. The minimum absolute atomic E-state index is 0.564. The van der Waals surface area contributed by atoms with Crippen molar-refractivity contribution in [3.05, 3.63) is 101 Å². The number of carboxylic acid groups (broad SMARTS) is 1. The highest BCUT2D eigenvalue weighted by Gasteiger charge is 2.51. The lowest BCUT2D eigenvalue weighted by atomic mass is 9.90. The number of carboxylic acids is 1. The summed E-state index contributed by atoms with van der Waals surface area (Å²) in [6.45, 7) is 5.00. The van der Waals surface area contributed by atoms with Gasteiger partial charge in [0.15, 0.2) is 5.76 Å². The second kappa shape index (κ2) is 9.64. The van der Waals surface area contributed by atoms with E-state index in [1.165, 1.54) is 18.4 Å². The molecule has 1 saturated heterocycles. The van der Waals surface area contributed by atoms with Crippen LogP contribution in [-0.2, 0) is 16.8 Å². The first kappa shape index (κ1) is 23.7. The van der Waals surface area contributed by atoms with Gasteiger partial charge in [0.1, 0.15) is 0 Å². The smallest absolute Gasteiger partial charge is 0.314 e. The standard InChI is InChI=1S/C32H32N2O3/c1-22-29(21-34-19-5-8-27(20-34)23-6-3-2-4-7-23)30(37-33-22)26-11-9-24(10-12-26)25-13-15-28(16-14-25)32(17-18-32)31(35)36/h2-4,6-7,9-16,27H,5,8,17-21H2,1H3,(H,35,36). The van der Waals surface area contributed by atoms with E-state index in [4.69, 9.17) is 4.52 Å². The van der Waals surface area contributed by atoms with E-state index in [2.05, 4.69) is 64.7 Å². The van der Waals surface area contributed by atoms with Gasteiger partial charge >= 0.3 is 5.97 Å². The molecule has 2 aliphatic rings. The van der Waals surface area contributed by atoms with Gasteiger partial charge in [0.25, 0.3) is 0 Å². The van der Waals surface area contributed by atoms with E-state index < -0.39 is 11.4 Å². The summed E-state index contributed by atoms with van der Waals surface area (Å²) in [7, 11) is 0. The van der Waals surface area contributed by atoms with Gasteiger partial charge in [0, 0.05) is 24.2 Å². The molecule has 1 aliphatic heterocycles. The number of hydrogen-bond donors (Lipinski definition) is 1. The van der Waals surface area contributed by atoms with E-state index in [1.807, 2.05) is 31.2 Å². The fourth-order valence-corrected chi connectivity index (χ4v) is 5.77. The number of nitrogens with zero attached hydrogens (tertiary/aromatic N) is 2. The van der Waals surface area contributed by atoms with Gasteiger partial charge in [0.2, 0.25) is 0 Å². The Kier molecular flexibility index (Phi) is 6.17. The number of carbonyl (C=O) groups is 1. The molecular formula is C32H32N2O3. The van der Waals surface area contributed by atoms with Crippen LogP contribution in [0.4, 0.5) is 0 Å². The first-order valence-corrected chi connectivity index (χ1v) is 13.2. The van der Waals surface area contributed by atoms with E-state index in [9.17, 15) is 9.90 Å². The fraction of sp³-hybridized carbons (Fsp3) is 0.312. The number of piperidine rings is 1. The van der Waals surface area contributed by atoms with Crippen molar-refractivity contribution in [3.8, 4) is 22.5 Å². The summed E-state index contributed by atoms with van der Waals surface area (Å²) in [5.74, 6) is 0.691. The lowest BCUT2D eigenvalue weighted by Crippen LogP contribution is -2.34. The number of aliphatic carboxylic acids is 1. The zero-order valence-electron chi connectivity index (χ0n) is 21.2. The number of likely N-dealkylation sites (tertiary alicyclic amines) is 1. The lowest BCUT2D eigenvalue weighted by Gasteiger charge is -2.33. The van der Waals surface area contributed by atoms with Gasteiger partial charge in [-0.05, 0) is 67.3 Å². The zero-order chi connectivity index (χ0) is 25.4. The predicted octanol–water partition coefficient (Wildman–Crippen LogP) is 6.81. The monoisotopic (exact) mass is 492 g/mol. The molecule has 0 radical (unpaired) electrons. The summed E-state index contributed by atoms with van der Waals surface area (Å²) in [5.41, 5.74) is 6.95. The highest BCUT2D eigenvalue weighted by Crippen LogP contribution is 2.48. The van der Waals surface area contributed by atoms with E-state index in [0.717, 1.165) is 71.7 Å². The molecule has 1 aromatic heterocycles. The Hall–Kier alpha value is -3.70. The summed E-state index contributed by atoms with van der Waals surface area (Å²) in [6.07, 6.45) is 3.87. The summed E-state index contributed by atoms with van der Waals surface area (Å²) < 4.78 is 5.83. The first-order chi connectivity index (χ1) is 18.0. The Bertz CT molecular complexity index is 1390. The molecule has 37 heavy (non-hydrogen) atoms. The van der Waals surface area contributed by atoms with Crippen LogP contribution in [0.15, 0.2) is 83.4 Å². The molecule has 1 saturated carbocycles. The molecule has 2 heterocycles. The SMILES string of the molecule is Cc1noc(-c2ccc(-c3ccc(C4(C(=O)O)CC4)cc3)cc2)c1CN1CCCC(c2ccccc2)C1. The average Bonchev–Trinajstić information content (AvgIpc) is 3.69. The van der Waals surface area contributed by atoms with E-state index >= 15 is 0 Å². The van der Waals surface area contributed by atoms with Crippen molar-refractivity contribution in [3.63, 3.8) is 0 Å². The summed E-state index contributed by atoms with van der Waals surface area (Å²) >= 11 is 0. The molecule has 2 fully saturated rings. The molecule has 1 N–H and O–H groups in total. The molecule has 0 amide bonds. The molecule has 0 spiro atoms. The Morgan fingerprint density at radius 2 is 1.62 bits per heavy atom. The molecule has 1 aliphatic carbocycles. The van der Waals surface area contributed by atoms with Crippen molar-refractivity contribution >= 4 is 5.97 Å². The van der Waals surface area contributed by atoms with Crippen molar-refractivity contribution in [1.29, 1.82) is 0 Å². The molecule has 5 nitrogen and oxygen atoms in total. The Morgan fingerprint density at radius 3 is 2.27 bits per heavy atom. The van der Waals surface area contributed by atoms with Crippen LogP contribution >= 0.6 is 0 Å². The van der Waals surface area contributed by atoms with Crippen molar-refractivity contribution in [2.75, 3.05) is 13.1 Å². The van der Waals surface area contributed by atoms with Crippen LogP contribution in [0.25, 0.3) is 22.5 Å². The molecule has 1 unspecified atom stereocenters. The molecule has 4 aromatic rings. The Labute approximate surface area is 217 Å². The predicted molar refractivity (Wildman–Crippen MR) is 144 cm³/mol. The Balaban J connectivity index is 1.18. The maximum absolute atomic E-state index is 11.6. The van der Waals surface area contributed by atoms with Crippen LogP contribution in [0.5, 0.6) is 0 Å². The third-order valence-electron chi connectivity index (χ3n) is 8.22. The number of aryl methyl sites for hydroxylation is 1. The molecule has 0 bridgehead atoms. The van der Waals surface area contributed by atoms with Crippen LogP contribution in [0, 0.1) is 6.92 Å². The highest BCUT2D eigenvalue weighted by atomic mass is 16.5. The number of benzene rings is 3. The van der Waals surface area contributed by atoms with Gasteiger partial charge in [-0.15, -0.1) is 0 Å². The van der Waals surface area contributed by atoms with Gasteiger partial charge in [-0.3, -0.25) is 9.69 Å². The lowest BCUT2D eigenvalue weighted by molar-refractivity contribution is -0.140. The summed E-state index contributed by atoms with van der Waals surface area (Å²) in [4.78, 5) is 14.2. The third kappa shape index (κ3) is 4.60. The van der Waals surface area contributed by atoms with E-state index in [0.29, 0.717) is 5.92 Å². The largest absolute Gasteiger partial charge is 0.481 e. The van der Waals surface area contributed by atoms with Gasteiger partial charge in [-0.1, -0.05) is 84.0 Å². The van der Waals surface area contributed by atoms with Crippen LogP contribution < -0.4 is 0 Å². The van der Waals surface area contributed by atoms with Crippen LogP contribution in [-0.4, -0.2) is 34.2 Å². The highest BCUT2D eigenvalue weighted by molar-refractivity contribution is 5.85. The zero-order valence-corrected chi connectivity index (χ0v) is 21.2. The third-order valence-corrected chi connectivity index (χ3v) is 8.22. The number of hydrogen-bond acceptors (Lipinski definition) is 4. The number of rotatable bonds is 7. The minimum Gasteiger partial charge on any atom is -0.481 e. The molecular weight excluding hydrogens is 460 g/mol.